The topological polar surface area (TPSA) is 0 Å². The Kier molecular flexibility index (Phi) is 1.28. The lowest BCUT2D eigenvalue weighted by molar-refractivity contribution is -0.131. The van der Waals surface area contributed by atoms with Crippen molar-refractivity contribution in [2.75, 3.05) is 0 Å². The summed E-state index contributed by atoms with van der Waals surface area (Å²) in [5.41, 5.74) is 0.993. The van der Waals surface area contributed by atoms with E-state index in [1.165, 1.54) is 19.3 Å². The van der Waals surface area contributed by atoms with E-state index in [2.05, 4.69) is 27.7 Å². The van der Waals surface area contributed by atoms with Gasteiger partial charge in [-0.3, -0.25) is 0 Å². The molecule has 0 aromatic rings. The highest BCUT2D eigenvalue weighted by molar-refractivity contribution is 5.08. The average molecular weight is 151 g/mol. The van der Waals surface area contributed by atoms with E-state index in [4.69, 9.17) is 0 Å². The van der Waals surface area contributed by atoms with E-state index in [0.29, 0.717) is 10.8 Å². The van der Waals surface area contributed by atoms with Gasteiger partial charge < -0.3 is 0 Å². The van der Waals surface area contributed by atoms with Crippen molar-refractivity contribution in [3.8, 4) is 0 Å². The lowest BCUT2D eigenvalue weighted by Crippen LogP contribution is -2.55. The van der Waals surface area contributed by atoms with Crippen LogP contribution in [0.4, 0.5) is 0 Å². The van der Waals surface area contributed by atoms with Gasteiger partial charge in [0.1, 0.15) is 0 Å². The van der Waals surface area contributed by atoms with Crippen LogP contribution in [-0.4, -0.2) is 0 Å². The number of hydrogen-bond donors (Lipinski definition) is 0. The Morgan fingerprint density at radius 3 is 2.18 bits per heavy atom. The Hall–Kier alpha value is 0. The largest absolute Gasteiger partial charge is 0.0594 e. The van der Waals surface area contributed by atoms with Gasteiger partial charge in [-0.25, -0.2) is 0 Å². The van der Waals surface area contributed by atoms with Gasteiger partial charge in [0, 0.05) is 0 Å². The molecule has 63 valence electrons. The van der Waals surface area contributed by atoms with Gasteiger partial charge in [-0.05, 0) is 48.9 Å². The summed E-state index contributed by atoms with van der Waals surface area (Å²) in [5, 5.41) is 0. The number of fused-ring (bicyclic) bond motifs is 2. The summed E-state index contributed by atoms with van der Waals surface area (Å²) in [6.45, 7) is 11.5. The lowest BCUT2D eigenvalue weighted by Gasteiger charge is -2.63. The maximum absolute atomic E-state index is 4.34. The SMILES string of the molecule is [CH2]C1(C)CCC2CC1C2(C)C. The maximum atomic E-state index is 4.34. The van der Waals surface area contributed by atoms with Crippen LogP contribution in [0.15, 0.2) is 0 Å². The van der Waals surface area contributed by atoms with Gasteiger partial charge in [-0.1, -0.05) is 20.8 Å². The minimum atomic E-state index is 0.387. The molecule has 1 radical (unpaired) electrons. The van der Waals surface area contributed by atoms with Gasteiger partial charge in [0.15, 0.2) is 0 Å². The van der Waals surface area contributed by atoms with Crippen LogP contribution in [0.25, 0.3) is 0 Å². The van der Waals surface area contributed by atoms with E-state index in [-0.39, 0.29) is 0 Å². The van der Waals surface area contributed by atoms with Crippen LogP contribution >= 0.6 is 0 Å². The van der Waals surface area contributed by atoms with E-state index in [0.717, 1.165) is 11.8 Å². The van der Waals surface area contributed by atoms with Crippen LogP contribution in [0.1, 0.15) is 40.0 Å². The van der Waals surface area contributed by atoms with Crippen molar-refractivity contribution in [1.82, 2.24) is 0 Å². The van der Waals surface area contributed by atoms with Crippen LogP contribution < -0.4 is 0 Å². The van der Waals surface area contributed by atoms with Crippen LogP contribution in [0.2, 0.25) is 0 Å². The van der Waals surface area contributed by atoms with Crippen LogP contribution in [0.5, 0.6) is 0 Å². The molecule has 0 N–H and O–H groups in total. The van der Waals surface area contributed by atoms with Crippen molar-refractivity contribution in [2.24, 2.45) is 22.7 Å². The fourth-order valence-corrected chi connectivity index (χ4v) is 3.37. The van der Waals surface area contributed by atoms with Crippen molar-refractivity contribution in [1.29, 1.82) is 0 Å². The molecule has 0 aromatic carbocycles. The Labute approximate surface area is 70.4 Å². The first kappa shape index (κ1) is 7.64. The molecule has 11 heavy (non-hydrogen) atoms. The highest BCUT2D eigenvalue weighted by Crippen LogP contribution is 2.65. The summed E-state index contributed by atoms with van der Waals surface area (Å²) in [5.74, 6) is 1.91. The predicted octanol–water partition coefficient (Wildman–Crippen LogP) is 3.28. The molecule has 3 aliphatic carbocycles. The van der Waals surface area contributed by atoms with Gasteiger partial charge >= 0.3 is 0 Å². The standard InChI is InChI=1S/C11H19/c1-10(2)6-5-8-7-9(10)11(8,3)4/h8-9H,1,5-7H2,2-4H3. The normalized spacial score (nSPS) is 44.7. The Bertz CT molecular complexity index is 166. The van der Waals surface area contributed by atoms with Crippen molar-refractivity contribution >= 4 is 0 Å². The third kappa shape index (κ3) is 0.816. The lowest BCUT2D eigenvalue weighted by atomic mass is 9.41. The Balaban J connectivity index is 2.23. The summed E-state index contributed by atoms with van der Waals surface area (Å²) in [6, 6.07) is 0. The predicted molar refractivity (Wildman–Crippen MR) is 48.1 cm³/mol. The molecule has 3 saturated carbocycles. The molecule has 0 saturated heterocycles. The molecule has 0 amide bonds. The highest BCUT2D eigenvalue weighted by atomic mass is 14.6. The molecule has 0 aliphatic heterocycles. The highest BCUT2D eigenvalue weighted by Gasteiger charge is 2.57. The van der Waals surface area contributed by atoms with Crippen LogP contribution in [-0.2, 0) is 0 Å². The summed E-state index contributed by atoms with van der Waals surface area (Å²) in [6.07, 6.45) is 4.22. The van der Waals surface area contributed by atoms with Gasteiger partial charge in [-0.2, -0.15) is 0 Å². The number of rotatable bonds is 0. The van der Waals surface area contributed by atoms with E-state index < -0.39 is 0 Å². The van der Waals surface area contributed by atoms with Crippen molar-refractivity contribution in [2.45, 2.75) is 40.0 Å². The third-order valence-corrected chi connectivity index (χ3v) is 4.38. The molecule has 0 spiro atoms. The van der Waals surface area contributed by atoms with E-state index >= 15 is 0 Å². The monoisotopic (exact) mass is 151 g/mol. The van der Waals surface area contributed by atoms with Gasteiger partial charge in [0.2, 0.25) is 0 Å². The molecule has 2 bridgehead atoms. The van der Waals surface area contributed by atoms with Gasteiger partial charge in [0.25, 0.3) is 0 Å². The fourth-order valence-electron chi connectivity index (χ4n) is 3.37. The molecule has 0 heteroatoms. The molecule has 0 aromatic heterocycles. The first-order valence-electron chi connectivity index (χ1n) is 4.80. The second kappa shape index (κ2) is 1.84. The summed E-state index contributed by atoms with van der Waals surface area (Å²) >= 11 is 0. The van der Waals surface area contributed by atoms with Gasteiger partial charge in [0.05, 0.1) is 0 Å². The zero-order valence-electron chi connectivity index (χ0n) is 7.98. The molecule has 3 aliphatic rings. The van der Waals surface area contributed by atoms with Crippen molar-refractivity contribution in [3.05, 3.63) is 6.92 Å². The van der Waals surface area contributed by atoms with E-state index in [1.54, 1.807) is 0 Å². The first-order valence-corrected chi connectivity index (χ1v) is 4.80. The van der Waals surface area contributed by atoms with Crippen molar-refractivity contribution < 1.29 is 0 Å². The molecule has 3 atom stereocenters. The smallest absolute Gasteiger partial charge is 0.0292 e. The quantitative estimate of drug-likeness (QED) is 0.498. The Morgan fingerprint density at radius 1 is 1.27 bits per heavy atom. The summed E-state index contributed by atoms with van der Waals surface area (Å²) in [7, 11) is 0. The summed E-state index contributed by atoms with van der Waals surface area (Å²) < 4.78 is 0. The maximum Gasteiger partial charge on any atom is -0.0292 e. The molecule has 3 unspecified atom stereocenters. The van der Waals surface area contributed by atoms with Gasteiger partial charge in [-0.15, -0.1) is 0 Å². The second-order valence-corrected chi connectivity index (χ2v) is 5.50. The molecular weight excluding hydrogens is 132 g/mol. The molecule has 0 nitrogen and oxygen atoms in total. The average Bonchev–Trinajstić information content (AvgIpc) is 1.84. The minimum Gasteiger partial charge on any atom is -0.0594 e. The second-order valence-electron chi connectivity index (χ2n) is 5.50. The molecule has 0 heterocycles. The van der Waals surface area contributed by atoms with E-state index in [9.17, 15) is 0 Å². The van der Waals surface area contributed by atoms with Crippen molar-refractivity contribution in [3.63, 3.8) is 0 Å². The number of hydrogen-bond acceptors (Lipinski definition) is 0. The Morgan fingerprint density at radius 2 is 1.91 bits per heavy atom. The van der Waals surface area contributed by atoms with Crippen LogP contribution in [0.3, 0.4) is 0 Å². The fraction of sp³-hybridized carbons (Fsp3) is 0.909. The van der Waals surface area contributed by atoms with Crippen LogP contribution in [0, 0.1) is 29.6 Å². The molecule has 3 fully saturated rings. The minimum absolute atomic E-state index is 0.387. The zero-order chi connectivity index (χ0) is 8.28. The third-order valence-electron chi connectivity index (χ3n) is 4.38. The zero-order valence-corrected chi connectivity index (χ0v) is 7.98. The van der Waals surface area contributed by atoms with E-state index in [1.807, 2.05) is 0 Å². The first-order chi connectivity index (χ1) is 4.94. The molecule has 3 rings (SSSR count). The molecular formula is C11H19. The summed E-state index contributed by atoms with van der Waals surface area (Å²) in [4.78, 5) is 0.